The zero-order chi connectivity index (χ0) is 18.9. The van der Waals surface area contributed by atoms with Crippen LogP contribution < -0.4 is 9.64 Å². The Balaban J connectivity index is 1.98. The van der Waals surface area contributed by atoms with Crippen molar-refractivity contribution in [2.45, 2.75) is 30.6 Å². The number of methoxy groups -OCH3 is 1. The molecule has 1 aromatic carbocycles. The van der Waals surface area contributed by atoms with E-state index < -0.39 is 10.0 Å². The van der Waals surface area contributed by atoms with Crippen LogP contribution in [-0.2, 0) is 19.6 Å². The Labute approximate surface area is 152 Å². The number of hydrogen-bond acceptors (Lipinski definition) is 6. The van der Waals surface area contributed by atoms with E-state index in [1.165, 1.54) is 29.6 Å². The van der Waals surface area contributed by atoms with Gasteiger partial charge < -0.3 is 4.74 Å². The van der Waals surface area contributed by atoms with Gasteiger partial charge in [-0.2, -0.15) is 9.57 Å². The number of amides is 2. The Bertz CT molecular complexity index is 866. The maximum Gasteiger partial charge on any atom is 0.246 e. The Hall–Kier alpha value is -2.44. The van der Waals surface area contributed by atoms with Crippen LogP contribution in [0.3, 0.4) is 0 Å². The van der Waals surface area contributed by atoms with Crippen LogP contribution in [0.5, 0.6) is 5.75 Å². The van der Waals surface area contributed by atoms with Gasteiger partial charge in [-0.3, -0.25) is 14.5 Å². The highest BCUT2D eigenvalue weighted by atomic mass is 32.2. The minimum Gasteiger partial charge on any atom is -0.495 e. The third kappa shape index (κ3) is 3.18. The van der Waals surface area contributed by atoms with E-state index in [9.17, 15) is 18.0 Å². The van der Waals surface area contributed by atoms with Crippen LogP contribution in [-0.4, -0.2) is 44.7 Å². The molecule has 9 heteroatoms. The van der Waals surface area contributed by atoms with Gasteiger partial charge in [0.05, 0.1) is 18.9 Å². The van der Waals surface area contributed by atoms with E-state index in [0.717, 1.165) is 4.90 Å². The first-order valence-electron chi connectivity index (χ1n) is 8.32. The number of hydrogen-bond donors (Lipinski definition) is 0. The van der Waals surface area contributed by atoms with Crippen molar-refractivity contribution in [1.29, 1.82) is 5.26 Å². The molecule has 0 radical (unpaired) electrons. The van der Waals surface area contributed by atoms with Crippen LogP contribution in [0.15, 0.2) is 23.1 Å². The van der Waals surface area contributed by atoms with Gasteiger partial charge in [0, 0.05) is 31.8 Å². The van der Waals surface area contributed by atoms with E-state index in [-0.39, 0.29) is 60.0 Å². The number of nitriles is 1. The third-order valence-corrected chi connectivity index (χ3v) is 6.63. The Morgan fingerprint density at radius 1 is 1.15 bits per heavy atom. The third-order valence-electron chi connectivity index (χ3n) is 4.71. The molecular formula is C17H19N3O5S. The second-order valence-corrected chi connectivity index (χ2v) is 8.17. The molecule has 2 aliphatic heterocycles. The smallest absolute Gasteiger partial charge is 0.246 e. The van der Waals surface area contributed by atoms with Crippen molar-refractivity contribution in [1.82, 2.24) is 4.31 Å². The second-order valence-electron chi connectivity index (χ2n) is 6.27. The van der Waals surface area contributed by atoms with Crippen LogP contribution in [0.4, 0.5) is 5.69 Å². The number of ether oxygens (including phenoxy) is 1. The molecule has 2 saturated heterocycles. The van der Waals surface area contributed by atoms with Crippen molar-refractivity contribution >= 4 is 27.5 Å². The van der Waals surface area contributed by atoms with Gasteiger partial charge in [0.2, 0.25) is 21.8 Å². The first kappa shape index (κ1) is 18.4. The second kappa shape index (κ2) is 7.05. The standard InChI is InChI=1S/C17H19N3O5S/c1-25-14-3-2-13(20-16(21)4-5-17(20)22)10-15(14)26(23,24)19-8-6-12(11-18)7-9-19/h2-3,10,12H,4-9H2,1H3. The number of sulfonamides is 1. The lowest BCUT2D eigenvalue weighted by Gasteiger charge is -2.29. The lowest BCUT2D eigenvalue weighted by Crippen LogP contribution is -2.38. The van der Waals surface area contributed by atoms with Gasteiger partial charge in [-0.05, 0) is 31.0 Å². The zero-order valence-electron chi connectivity index (χ0n) is 14.3. The largest absolute Gasteiger partial charge is 0.495 e. The highest BCUT2D eigenvalue weighted by Gasteiger charge is 2.35. The van der Waals surface area contributed by atoms with E-state index in [1.54, 1.807) is 0 Å². The van der Waals surface area contributed by atoms with Gasteiger partial charge in [-0.25, -0.2) is 8.42 Å². The number of carbonyl (C=O) groups is 2. The minimum absolute atomic E-state index is 0.0830. The molecule has 0 atom stereocenters. The molecule has 2 heterocycles. The van der Waals surface area contributed by atoms with Gasteiger partial charge in [0.15, 0.2) is 0 Å². The molecule has 8 nitrogen and oxygen atoms in total. The molecule has 0 unspecified atom stereocenters. The number of nitrogens with zero attached hydrogens (tertiary/aromatic N) is 3. The molecule has 2 amide bonds. The summed E-state index contributed by atoms with van der Waals surface area (Å²) in [5.41, 5.74) is 0.226. The van der Waals surface area contributed by atoms with Crippen molar-refractivity contribution in [2.24, 2.45) is 5.92 Å². The molecule has 26 heavy (non-hydrogen) atoms. The van der Waals surface area contributed by atoms with Crippen molar-refractivity contribution in [3.8, 4) is 11.8 Å². The number of anilines is 1. The molecule has 1 aromatic rings. The summed E-state index contributed by atoms with van der Waals surface area (Å²) in [6, 6.07) is 6.43. The first-order chi connectivity index (χ1) is 12.4. The topological polar surface area (TPSA) is 108 Å². The average molecular weight is 377 g/mol. The van der Waals surface area contributed by atoms with Crippen molar-refractivity contribution in [2.75, 3.05) is 25.1 Å². The summed E-state index contributed by atoms with van der Waals surface area (Å²) in [6.07, 6.45) is 1.19. The fourth-order valence-electron chi connectivity index (χ4n) is 3.23. The molecule has 3 rings (SSSR count). The number of benzene rings is 1. The Morgan fingerprint density at radius 3 is 2.31 bits per heavy atom. The molecule has 2 fully saturated rings. The molecule has 0 bridgehead atoms. The number of piperidine rings is 1. The van der Waals surface area contributed by atoms with Crippen LogP contribution in [0, 0.1) is 17.2 Å². The van der Waals surface area contributed by atoms with Crippen molar-refractivity contribution < 1.29 is 22.7 Å². The highest BCUT2D eigenvalue weighted by molar-refractivity contribution is 7.89. The molecule has 0 aromatic heterocycles. The van der Waals surface area contributed by atoms with Gasteiger partial charge in [0.1, 0.15) is 10.6 Å². The van der Waals surface area contributed by atoms with Gasteiger partial charge >= 0.3 is 0 Å². The molecule has 0 aliphatic carbocycles. The maximum absolute atomic E-state index is 13.1. The zero-order valence-corrected chi connectivity index (χ0v) is 15.2. The first-order valence-corrected chi connectivity index (χ1v) is 9.76. The molecular weight excluding hydrogens is 358 g/mol. The molecule has 0 N–H and O–H groups in total. The Morgan fingerprint density at radius 2 is 1.77 bits per heavy atom. The van der Waals surface area contributed by atoms with E-state index in [2.05, 4.69) is 6.07 Å². The monoisotopic (exact) mass is 377 g/mol. The van der Waals surface area contributed by atoms with Crippen LogP contribution in [0.1, 0.15) is 25.7 Å². The average Bonchev–Trinajstić information content (AvgIpc) is 2.99. The summed E-state index contributed by atoms with van der Waals surface area (Å²) in [6.45, 7) is 0.491. The summed E-state index contributed by atoms with van der Waals surface area (Å²) in [7, 11) is -2.51. The minimum atomic E-state index is -3.87. The number of carbonyl (C=O) groups excluding carboxylic acids is 2. The van der Waals surface area contributed by atoms with Crippen LogP contribution in [0.2, 0.25) is 0 Å². The number of rotatable bonds is 4. The molecule has 0 saturated carbocycles. The maximum atomic E-state index is 13.1. The van der Waals surface area contributed by atoms with E-state index in [0.29, 0.717) is 12.8 Å². The molecule has 0 spiro atoms. The summed E-state index contributed by atoms with van der Waals surface area (Å²) in [5, 5.41) is 8.98. The summed E-state index contributed by atoms with van der Waals surface area (Å²) in [4.78, 5) is 24.8. The van der Waals surface area contributed by atoms with Crippen LogP contribution >= 0.6 is 0 Å². The predicted octanol–water partition coefficient (Wildman–Crippen LogP) is 1.27. The lowest BCUT2D eigenvalue weighted by molar-refractivity contribution is -0.121. The SMILES string of the molecule is COc1ccc(N2C(=O)CCC2=O)cc1S(=O)(=O)N1CCC(C#N)CC1. The lowest BCUT2D eigenvalue weighted by atomic mass is 10.0. The normalized spacial score (nSPS) is 19.6. The molecule has 2 aliphatic rings. The van der Waals surface area contributed by atoms with E-state index in [1.807, 2.05) is 0 Å². The predicted molar refractivity (Wildman–Crippen MR) is 91.8 cm³/mol. The van der Waals surface area contributed by atoms with Gasteiger partial charge in [-0.1, -0.05) is 0 Å². The van der Waals surface area contributed by atoms with Gasteiger partial charge in [0.25, 0.3) is 0 Å². The Kier molecular flexibility index (Phi) is 4.98. The highest BCUT2D eigenvalue weighted by Crippen LogP contribution is 2.34. The summed E-state index contributed by atoms with van der Waals surface area (Å²) in [5.74, 6) is -0.693. The van der Waals surface area contributed by atoms with E-state index in [4.69, 9.17) is 10.00 Å². The van der Waals surface area contributed by atoms with E-state index >= 15 is 0 Å². The number of imide groups is 1. The summed E-state index contributed by atoms with van der Waals surface area (Å²) < 4.78 is 32.6. The van der Waals surface area contributed by atoms with Crippen LogP contribution in [0.25, 0.3) is 0 Å². The van der Waals surface area contributed by atoms with Crippen molar-refractivity contribution in [3.63, 3.8) is 0 Å². The quantitative estimate of drug-likeness (QED) is 0.731. The summed E-state index contributed by atoms with van der Waals surface area (Å²) >= 11 is 0. The molecule has 138 valence electrons. The fraction of sp³-hybridized carbons (Fsp3) is 0.471. The van der Waals surface area contributed by atoms with Crippen molar-refractivity contribution in [3.05, 3.63) is 18.2 Å². The fourth-order valence-corrected chi connectivity index (χ4v) is 4.88. The van der Waals surface area contributed by atoms with Gasteiger partial charge in [-0.15, -0.1) is 0 Å².